The number of benzene rings is 2. The normalized spacial score (nSPS) is 15.7. The lowest BCUT2D eigenvalue weighted by molar-refractivity contribution is 0.0921. The van der Waals surface area contributed by atoms with Gasteiger partial charge < -0.3 is 5.32 Å². The summed E-state index contributed by atoms with van der Waals surface area (Å²) < 4.78 is 28.9. The van der Waals surface area contributed by atoms with E-state index < -0.39 is 11.6 Å². The van der Waals surface area contributed by atoms with Crippen molar-refractivity contribution in [2.75, 3.05) is 0 Å². The van der Waals surface area contributed by atoms with Crippen molar-refractivity contribution < 1.29 is 13.6 Å². The number of rotatable bonds is 5. The van der Waals surface area contributed by atoms with Gasteiger partial charge in [-0.2, -0.15) is 0 Å². The number of alkyl halides is 1. The van der Waals surface area contributed by atoms with Gasteiger partial charge in [0.1, 0.15) is 0 Å². The van der Waals surface area contributed by atoms with Crippen LogP contribution in [0.5, 0.6) is 0 Å². The first-order chi connectivity index (χ1) is 15.0. The Kier molecular flexibility index (Phi) is 6.65. The number of carbonyl (C=O) groups excluding carboxylic acids is 1. The predicted molar refractivity (Wildman–Crippen MR) is 123 cm³/mol. The SMILES string of the molecule is C[C@H](NC(=O)c1cc(-c2ccccc2)nc2cc(F)c(F)c(CBr)c12)C1CCCCC1. The molecule has 2 aromatic carbocycles. The fourth-order valence-corrected chi connectivity index (χ4v) is 5.05. The van der Waals surface area contributed by atoms with Gasteiger partial charge in [-0.3, -0.25) is 4.79 Å². The highest BCUT2D eigenvalue weighted by atomic mass is 79.9. The number of pyridine rings is 1. The molecule has 1 aliphatic rings. The maximum absolute atomic E-state index is 14.6. The van der Waals surface area contributed by atoms with E-state index in [1.54, 1.807) is 6.07 Å². The average Bonchev–Trinajstić information content (AvgIpc) is 2.80. The first kappa shape index (κ1) is 21.9. The molecule has 1 atom stereocenters. The third-order valence-corrected chi connectivity index (χ3v) is 6.81. The van der Waals surface area contributed by atoms with Gasteiger partial charge in [0, 0.05) is 34.0 Å². The van der Waals surface area contributed by atoms with Crippen molar-refractivity contribution in [2.24, 2.45) is 5.92 Å². The summed E-state index contributed by atoms with van der Waals surface area (Å²) in [5.74, 6) is -1.77. The van der Waals surface area contributed by atoms with Crippen molar-refractivity contribution in [3.05, 3.63) is 65.2 Å². The fraction of sp³-hybridized carbons (Fsp3) is 0.360. The van der Waals surface area contributed by atoms with Gasteiger partial charge in [-0.05, 0) is 31.7 Å². The van der Waals surface area contributed by atoms with E-state index in [0.29, 0.717) is 22.6 Å². The second kappa shape index (κ2) is 9.43. The molecule has 0 spiro atoms. The van der Waals surface area contributed by atoms with Gasteiger partial charge in [0.15, 0.2) is 11.6 Å². The third kappa shape index (κ3) is 4.49. The van der Waals surface area contributed by atoms with E-state index in [4.69, 9.17) is 0 Å². The lowest BCUT2D eigenvalue weighted by atomic mass is 9.84. The van der Waals surface area contributed by atoms with Crippen molar-refractivity contribution in [2.45, 2.75) is 50.4 Å². The van der Waals surface area contributed by atoms with Gasteiger partial charge in [-0.25, -0.2) is 13.8 Å². The number of hydrogen-bond donors (Lipinski definition) is 1. The zero-order chi connectivity index (χ0) is 22.0. The molecule has 1 fully saturated rings. The smallest absolute Gasteiger partial charge is 0.252 e. The lowest BCUT2D eigenvalue weighted by Crippen LogP contribution is -2.39. The Balaban J connectivity index is 1.82. The van der Waals surface area contributed by atoms with Gasteiger partial charge in [0.2, 0.25) is 0 Å². The van der Waals surface area contributed by atoms with Crippen LogP contribution < -0.4 is 5.32 Å². The number of aromatic nitrogens is 1. The predicted octanol–water partition coefficient (Wildman–Crippen LogP) is 6.77. The second-order valence-corrected chi connectivity index (χ2v) is 8.82. The van der Waals surface area contributed by atoms with E-state index in [-0.39, 0.29) is 28.4 Å². The lowest BCUT2D eigenvalue weighted by Gasteiger charge is -2.28. The highest BCUT2D eigenvalue weighted by molar-refractivity contribution is 9.08. The molecule has 0 bridgehead atoms. The Morgan fingerprint density at radius 2 is 1.87 bits per heavy atom. The van der Waals surface area contributed by atoms with Crippen LogP contribution in [0.3, 0.4) is 0 Å². The molecule has 1 heterocycles. The molecule has 1 aliphatic carbocycles. The van der Waals surface area contributed by atoms with E-state index in [1.807, 2.05) is 37.3 Å². The van der Waals surface area contributed by atoms with Crippen LogP contribution in [0, 0.1) is 17.6 Å². The molecule has 0 aliphatic heterocycles. The quantitative estimate of drug-likeness (QED) is 0.404. The summed E-state index contributed by atoms with van der Waals surface area (Å²) in [7, 11) is 0. The minimum Gasteiger partial charge on any atom is -0.349 e. The molecule has 0 saturated heterocycles. The minimum absolute atomic E-state index is 0.00825. The molecule has 1 saturated carbocycles. The molecular formula is C25H25BrF2N2O. The molecule has 6 heteroatoms. The van der Waals surface area contributed by atoms with Crippen molar-refractivity contribution in [3.63, 3.8) is 0 Å². The van der Waals surface area contributed by atoms with Crippen LogP contribution in [0.15, 0.2) is 42.5 Å². The topological polar surface area (TPSA) is 42.0 Å². The van der Waals surface area contributed by atoms with Gasteiger partial charge in [0.05, 0.1) is 16.8 Å². The number of nitrogens with one attached hydrogen (secondary N) is 1. The van der Waals surface area contributed by atoms with E-state index >= 15 is 0 Å². The molecule has 1 aromatic heterocycles. The summed E-state index contributed by atoms with van der Waals surface area (Å²) in [5.41, 5.74) is 2.06. The van der Waals surface area contributed by atoms with Gasteiger partial charge in [-0.15, -0.1) is 0 Å². The molecule has 1 N–H and O–H groups in total. The maximum atomic E-state index is 14.6. The van der Waals surface area contributed by atoms with Gasteiger partial charge in [0.25, 0.3) is 5.91 Å². The van der Waals surface area contributed by atoms with Crippen LogP contribution >= 0.6 is 15.9 Å². The first-order valence-electron chi connectivity index (χ1n) is 10.7. The summed E-state index contributed by atoms with van der Waals surface area (Å²) in [5, 5.41) is 3.56. The largest absolute Gasteiger partial charge is 0.349 e. The molecule has 4 rings (SSSR count). The fourth-order valence-electron chi connectivity index (χ4n) is 4.52. The van der Waals surface area contributed by atoms with Crippen LogP contribution in [-0.4, -0.2) is 16.9 Å². The van der Waals surface area contributed by atoms with E-state index in [1.165, 1.54) is 19.3 Å². The van der Waals surface area contributed by atoms with Crippen LogP contribution in [0.2, 0.25) is 0 Å². The number of halogens is 3. The summed E-state index contributed by atoms with van der Waals surface area (Å²) in [6.45, 7) is 2.03. The monoisotopic (exact) mass is 486 g/mol. The Bertz CT molecular complexity index is 1100. The van der Waals surface area contributed by atoms with Crippen molar-refractivity contribution >= 4 is 32.7 Å². The molecule has 1 amide bonds. The van der Waals surface area contributed by atoms with Crippen molar-refractivity contribution in [1.29, 1.82) is 0 Å². The summed E-state index contributed by atoms with van der Waals surface area (Å²) in [6, 6.07) is 12.2. The van der Waals surface area contributed by atoms with Crippen molar-refractivity contribution in [1.82, 2.24) is 10.3 Å². The van der Waals surface area contributed by atoms with Crippen molar-refractivity contribution in [3.8, 4) is 11.3 Å². The highest BCUT2D eigenvalue weighted by Gasteiger charge is 2.25. The van der Waals surface area contributed by atoms with Crippen LogP contribution in [0.1, 0.15) is 54.9 Å². The zero-order valence-corrected chi connectivity index (χ0v) is 19.0. The highest BCUT2D eigenvalue weighted by Crippen LogP contribution is 2.32. The summed E-state index contributed by atoms with van der Waals surface area (Å²) >= 11 is 3.26. The summed E-state index contributed by atoms with van der Waals surface area (Å²) in [4.78, 5) is 17.9. The second-order valence-electron chi connectivity index (χ2n) is 8.26. The average molecular weight is 487 g/mol. The number of carbonyl (C=O) groups is 1. The minimum atomic E-state index is -0.971. The maximum Gasteiger partial charge on any atom is 0.252 e. The Labute approximate surface area is 189 Å². The van der Waals surface area contributed by atoms with E-state index in [9.17, 15) is 13.6 Å². The Morgan fingerprint density at radius 3 is 2.55 bits per heavy atom. The number of fused-ring (bicyclic) bond motifs is 1. The Morgan fingerprint density at radius 1 is 1.16 bits per heavy atom. The van der Waals surface area contributed by atoms with Crippen LogP contribution in [0.25, 0.3) is 22.2 Å². The standard InChI is InChI=1S/C25H25BrF2N2O/c1-15(16-8-4-2-5-9-16)29-25(31)18-12-21(17-10-6-3-7-11-17)30-22-13-20(27)24(28)19(14-26)23(18)22/h3,6-7,10-13,15-16H,2,4-5,8-9,14H2,1H3,(H,29,31)/t15-/m0/s1. The summed E-state index contributed by atoms with van der Waals surface area (Å²) in [6.07, 6.45) is 5.80. The third-order valence-electron chi connectivity index (χ3n) is 6.25. The molecule has 0 unspecified atom stereocenters. The molecular weight excluding hydrogens is 462 g/mol. The van der Waals surface area contributed by atoms with Gasteiger partial charge in [-0.1, -0.05) is 65.5 Å². The van der Waals surface area contributed by atoms with E-state index in [2.05, 4.69) is 26.2 Å². The molecule has 162 valence electrons. The van der Waals surface area contributed by atoms with Gasteiger partial charge >= 0.3 is 0 Å². The van der Waals surface area contributed by atoms with Crippen LogP contribution in [-0.2, 0) is 5.33 Å². The number of amides is 1. The molecule has 3 nitrogen and oxygen atoms in total. The first-order valence-corrected chi connectivity index (χ1v) is 11.9. The molecule has 31 heavy (non-hydrogen) atoms. The number of hydrogen-bond acceptors (Lipinski definition) is 2. The molecule has 0 radical (unpaired) electrons. The Hall–Kier alpha value is -2.34. The number of nitrogens with zero attached hydrogens (tertiary/aromatic N) is 1. The zero-order valence-electron chi connectivity index (χ0n) is 17.4. The van der Waals surface area contributed by atoms with Crippen LogP contribution in [0.4, 0.5) is 8.78 Å². The molecule has 3 aromatic rings. The van der Waals surface area contributed by atoms with E-state index in [0.717, 1.165) is 24.5 Å².